The fourth-order valence-electron chi connectivity index (χ4n) is 1.82. The van der Waals surface area contributed by atoms with Gasteiger partial charge in [-0.15, -0.1) is 0 Å². The number of ether oxygens (including phenoxy) is 2. The largest absolute Gasteiger partial charge is 0.497 e. The van der Waals surface area contributed by atoms with Crippen molar-refractivity contribution in [1.82, 2.24) is 5.32 Å². The highest BCUT2D eigenvalue weighted by Crippen LogP contribution is 2.14. The van der Waals surface area contributed by atoms with Crippen molar-refractivity contribution >= 4 is 6.21 Å². The molecule has 0 aromatic heterocycles. The van der Waals surface area contributed by atoms with E-state index in [4.69, 9.17) is 9.47 Å². The molecule has 0 aliphatic carbocycles. The third-order valence-corrected chi connectivity index (χ3v) is 3.08. The Bertz CT molecular complexity index is 515. The zero-order chi connectivity index (χ0) is 16.4. The fraction of sp³-hybridized carbons (Fsp3) is 0.471. The summed E-state index contributed by atoms with van der Waals surface area (Å²) < 4.78 is 24.6. The van der Waals surface area contributed by atoms with Crippen LogP contribution in [0.25, 0.3) is 0 Å². The molecule has 0 saturated heterocycles. The lowest BCUT2D eigenvalue weighted by molar-refractivity contribution is 0.0446. The molecule has 122 valence electrons. The van der Waals surface area contributed by atoms with Crippen molar-refractivity contribution in [2.45, 2.75) is 40.0 Å². The number of halogens is 1. The quantitative estimate of drug-likeness (QED) is 0.705. The van der Waals surface area contributed by atoms with Gasteiger partial charge in [-0.05, 0) is 38.0 Å². The van der Waals surface area contributed by atoms with Gasteiger partial charge in [-0.2, -0.15) is 0 Å². The third kappa shape index (κ3) is 6.26. The summed E-state index contributed by atoms with van der Waals surface area (Å²) in [5, 5.41) is 2.92. The van der Waals surface area contributed by atoms with Crippen molar-refractivity contribution in [1.29, 1.82) is 0 Å². The van der Waals surface area contributed by atoms with Crippen molar-refractivity contribution in [3.8, 4) is 5.75 Å². The van der Waals surface area contributed by atoms with Gasteiger partial charge in [0.15, 0.2) is 5.83 Å². The molecule has 0 aliphatic heterocycles. The van der Waals surface area contributed by atoms with Gasteiger partial charge in [-0.1, -0.05) is 19.1 Å². The molecule has 0 radical (unpaired) electrons. The number of nitrogens with one attached hydrogen (secondary N) is 1. The highest BCUT2D eigenvalue weighted by atomic mass is 19.1. The van der Waals surface area contributed by atoms with E-state index >= 15 is 0 Å². The number of nitrogens with zero attached hydrogens (tertiary/aromatic N) is 1. The zero-order valence-electron chi connectivity index (χ0n) is 13.7. The number of aliphatic imine (C=N–C) groups is 1. The molecular weight excluding hydrogens is 283 g/mol. The molecule has 22 heavy (non-hydrogen) atoms. The maximum atomic E-state index is 13.7. The van der Waals surface area contributed by atoms with Gasteiger partial charge in [-0.3, -0.25) is 4.99 Å². The average Bonchev–Trinajstić information content (AvgIpc) is 2.55. The Balaban J connectivity index is 2.59. The first-order chi connectivity index (χ1) is 10.6. The number of allylic oxidation sites excluding steroid dienone is 2. The number of hydrogen-bond acceptors (Lipinski definition) is 4. The average molecular weight is 308 g/mol. The van der Waals surface area contributed by atoms with Crippen LogP contribution in [0.1, 0.15) is 32.8 Å². The van der Waals surface area contributed by atoms with E-state index in [1.165, 1.54) is 6.21 Å². The molecule has 5 heteroatoms. The molecule has 0 heterocycles. The predicted octanol–water partition coefficient (Wildman–Crippen LogP) is 3.83. The van der Waals surface area contributed by atoms with E-state index < -0.39 is 0 Å². The van der Waals surface area contributed by atoms with Gasteiger partial charge in [0.25, 0.3) is 0 Å². The van der Waals surface area contributed by atoms with Crippen molar-refractivity contribution < 1.29 is 13.9 Å². The lowest BCUT2D eigenvalue weighted by atomic mass is 10.2. The second-order valence-electron chi connectivity index (χ2n) is 4.81. The van der Waals surface area contributed by atoms with Crippen LogP contribution in [0.15, 0.2) is 40.8 Å². The first kappa shape index (κ1) is 18.2. The normalized spacial score (nSPS) is 13.9. The molecule has 0 aliphatic rings. The third-order valence-electron chi connectivity index (χ3n) is 3.08. The summed E-state index contributed by atoms with van der Waals surface area (Å²) in [7, 11) is 1.63. The number of hydrogen-bond donors (Lipinski definition) is 1. The van der Waals surface area contributed by atoms with Gasteiger partial charge in [0.2, 0.25) is 0 Å². The lowest BCUT2D eigenvalue weighted by Gasteiger charge is -2.12. The van der Waals surface area contributed by atoms with Gasteiger partial charge in [0.1, 0.15) is 12.0 Å². The summed E-state index contributed by atoms with van der Waals surface area (Å²) in [6, 6.07) is 7.65. The van der Waals surface area contributed by atoms with Crippen LogP contribution in [0.5, 0.6) is 5.75 Å². The van der Waals surface area contributed by atoms with E-state index in [-0.39, 0.29) is 12.1 Å². The zero-order valence-corrected chi connectivity index (χ0v) is 13.7. The Morgan fingerprint density at radius 3 is 2.82 bits per heavy atom. The molecule has 1 aromatic carbocycles. The fourth-order valence-corrected chi connectivity index (χ4v) is 1.82. The topological polar surface area (TPSA) is 42.9 Å². The smallest absolute Gasteiger partial charge is 0.159 e. The molecule has 1 aromatic rings. The van der Waals surface area contributed by atoms with Crippen LogP contribution in [-0.2, 0) is 11.3 Å². The number of benzene rings is 1. The summed E-state index contributed by atoms with van der Waals surface area (Å²) in [5.74, 6) is 0.415. The van der Waals surface area contributed by atoms with Crippen LogP contribution in [0.2, 0.25) is 0 Å². The molecule has 0 fully saturated rings. The van der Waals surface area contributed by atoms with E-state index in [1.54, 1.807) is 14.0 Å². The minimum Gasteiger partial charge on any atom is -0.497 e. The van der Waals surface area contributed by atoms with Crippen LogP contribution in [0, 0.1) is 0 Å². The first-order valence-electron chi connectivity index (χ1n) is 7.48. The van der Waals surface area contributed by atoms with Crippen LogP contribution in [0.4, 0.5) is 4.39 Å². The van der Waals surface area contributed by atoms with Gasteiger partial charge in [0, 0.05) is 12.2 Å². The maximum Gasteiger partial charge on any atom is 0.159 e. The van der Waals surface area contributed by atoms with Gasteiger partial charge in [0.05, 0.1) is 19.9 Å². The van der Waals surface area contributed by atoms with Crippen LogP contribution in [-0.4, -0.2) is 26.1 Å². The van der Waals surface area contributed by atoms with Gasteiger partial charge in [-0.25, -0.2) is 4.39 Å². The molecule has 4 nitrogen and oxygen atoms in total. The minimum absolute atomic E-state index is 0.369. The van der Waals surface area contributed by atoms with Crippen LogP contribution in [0.3, 0.4) is 0 Å². The Labute approximate surface area is 132 Å². The highest BCUT2D eigenvalue weighted by Gasteiger charge is 2.05. The molecular formula is C17H25FN2O2. The lowest BCUT2D eigenvalue weighted by Crippen LogP contribution is -2.12. The van der Waals surface area contributed by atoms with Crippen molar-refractivity contribution in [2.75, 3.05) is 13.7 Å². The summed E-state index contributed by atoms with van der Waals surface area (Å²) in [4.78, 5) is 4.15. The Morgan fingerprint density at radius 2 is 2.18 bits per heavy atom. The van der Waals surface area contributed by atoms with E-state index in [0.717, 1.165) is 11.3 Å². The molecule has 1 unspecified atom stereocenters. The summed E-state index contributed by atoms with van der Waals surface area (Å²) >= 11 is 0. The minimum atomic E-state index is -0.370. The Hall–Kier alpha value is -1.88. The number of rotatable bonds is 9. The molecule has 0 bridgehead atoms. The van der Waals surface area contributed by atoms with Crippen LogP contribution >= 0.6 is 0 Å². The molecule has 0 saturated carbocycles. The monoisotopic (exact) mass is 308 g/mol. The first-order valence-corrected chi connectivity index (χ1v) is 7.48. The van der Waals surface area contributed by atoms with E-state index in [2.05, 4.69) is 10.3 Å². The maximum absolute atomic E-state index is 13.7. The van der Waals surface area contributed by atoms with Crippen molar-refractivity contribution in [3.63, 3.8) is 0 Å². The summed E-state index contributed by atoms with van der Waals surface area (Å²) in [5.41, 5.74) is 1.47. The molecule has 1 rings (SSSR count). The summed E-state index contributed by atoms with van der Waals surface area (Å²) in [6.07, 6.45) is 1.53. The SMILES string of the molecule is CCN/C(C)=C(\F)C=NC(CC)OCc1cccc(OC)c1. The van der Waals surface area contributed by atoms with Gasteiger partial charge < -0.3 is 14.8 Å². The highest BCUT2D eigenvalue weighted by molar-refractivity contribution is 5.76. The standard InChI is InChI=1S/C17H25FN2O2/c1-5-17(20-11-16(18)13(3)19-6-2)22-12-14-8-7-9-15(10-14)21-4/h7-11,17,19H,5-6,12H2,1-4H3/b16-13-,20-11?. The van der Waals surface area contributed by atoms with Crippen molar-refractivity contribution in [2.24, 2.45) is 4.99 Å². The number of methoxy groups -OCH3 is 1. The second kappa shape index (κ2) is 9.95. The van der Waals surface area contributed by atoms with E-state index in [1.807, 2.05) is 38.1 Å². The Morgan fingerprint density at radius 1 is 1.41 bits per heavy atom. The van der Waals surface area contributed by atoms with Crippen molar-refractivity contribution in [3.05, 3.63) is 41.4 Å². The van der Waals surface area contributed by atoms with E-state index in [9.17, 15) is 4.39 Å². The predicted molar refractivity (Wildman–Crippen MR) is 87.8 cm³/mol. The van der Waals surface area contributed by atoms with Gasteiger partial charge >= 0.3 is 0 Å². The molecule has 1 N–H and O–H groups in total. The Kier molecular flexibility index (Phi) is 8.22. The molecule has 0 spiro atoms. The molecule has 0 amide bonds. The summed E-state index contributed by atoms with van der Waals surface area (Å²) in [6.45, 7) is 6.64. The molecule has 1 atom stereocenters. The second-order valence-corrected chi connectivity index (χ2v) is 4.81. The van der Waals surface area contributed by atoms with E-state index in [0.29, 0.717) is 25.3 Å². The van der Waals surface area contributed by atoms with Crippen LogP contribution < -0.4 is 10.1 Å².